The maximum absolute atomic E-state index is 13.1. The standard InChI is InChI=1S/C19H30N4O3S2/c1-15-21-16(14-27-15)12-22(2)13-17-11-20-19(23(17)9-6-10-26-3)28(24,25)18-7-4-5-8-18/h11,14,18H,4-10,12-13H2,1-3H3. The zero-order valence-electron chi connectivity index (χ0n) is 16.9. The van der Waals surface area contributed by atoms with Crippen molar-refractivity contribution in [1.82, 2.24) is 19.4 Å². The third-order valence-corrected chi connectivity index (χ3v) is 8.16. The predicted molar refractivity (Wildman–Crippen MR) is 110 cm³/mol. The van der Waals surface area contributed by atoms with Gasteiger partial charge in [-0.3, -0.25) is 4.90 Å². The first-order chi connectivity index (χ1) is 13.4. The zero-order chi connectivity index (χ0) is 20.1. The second-order valence-corrected chi connectivity index (χ2v) is 10.7. The lowest BCUT2D eigenvalue weighted by Gasteiger charge is -2.19. The molecule has 7 nitrogen and oxygen atoms in total. The molecule has 2 aromatic heterocycles. The SMILES string of the molecule is COCCCn1c(CN(C)Cc2csc(C)n2)cnc1S(=O)(=O)C1CCCC1. The summed E-state index contributed by atoms with van der Waals surface area (Å²) in [5.74, 6) is 0. The fourth-order valence-electron chi connectivity index (χ4n) is 3.79. The van der Waals surface area contributed by atoms with Crippen LogP contribution < -0.4 is 0 Å². The molecule has 1 aliphatic rings. The summed E-state index contributed by atoms with van der Waals surface area (Å²) < 4.78 is 33.3. The Morgan fingerprint density at radius 1 is 1.32 bits per heavy atom. The molecule has 0 unspecified atom stereocenters. The van der Waals surface area contributed by atoms with Crippen LogP contribution >= 0.6 is 11.3 Å². The van der Waals surface area contributed by atoms with Crippen LogP contribution in [0.15, 0.2) is 16.7 Å². The summed E-state index contributed by atoms with van der Waals surface area (Å²) >= 11 is 1.64. The number of thiazole rings is 1. The summed E-state index contributed by atoms with van der Waals surface area (Å²) in [7, 11) is 0.286. The van der Waals surface area contributed by atoms with E-state index >= 15 is 0 Å². The van der Waals surface area contributed by atoms with Crippen LogP contribution in [0.3, 0.4) is 0 Å². The molecule has 0 bridgehead atoms. The number of ether oxygens (including phenoxy) is 1. The van der Waals surface area contributed by atoms with E-state index in [1.807, 2.05) is 18.5 Å². The second kappa shape index (κ2) is 9.47. The van der Waals surface area contributed by atoms with E-state index in [1.54, 1.807) is 24.6 Å². The van der Waals surface area contributed by atoms with Crippen LogP contribution in [0.25, 0.3) is 0 Å². The van der Waals surface area contributed by atoms with Crippen LogP contribution in [-0.4, -0.2) is 53.9 Å². The van der Waals surface area contributed by atoms with E-state index < -0.39 is 9.84 Å². The molecule has 0 saturated heterocycles. The Bertz CT molecular complexity index is 870. The van der Waals surface area contributed by atoms with E-state index in [4.69, 9.17) is 4.74 Å². The average Bonchev–Trinajstić information content (AvgIpc) is 3.37. The van der Waals surface area contributed by atoms with Gasteiger partial charge in [0.15, 0.2) is 0 Å². The lowest BCUT2D eigenvalue weighted by molar-refractivity contribution is 0.188. The van der Waals surface area contributed by atoms with Gasteiger partial charge in [-0.1, -0.05) is 12.8 Å². The highest BCUT2D eigenvalue weighted by atomic mass is 32.2. The average molecular weight is 427 g/mol. The van der Waals surface area contributed by atoms with Crippen LogP contribution in [-0.2, 0) is 34.2 Å². The summed E-state index contributed by atoms with van der Waals surface area (Å²) in [6, 6.07) is 0. The number of aryl methyl sites for hydroxylation is 1. The maximum atomic E-state index is 13.1. The van der Waals surface area contributed by atoms with Crippen molar-refractivity contribution in [1.29, 1.82) is 0 Å². The number of rotatable bonds is 10. The Morgan fingerprint density at radius 3 is 2.71 bits per heavy atom. The molecule has 2 aromatic rings. The Balaban J connectivity index is 1.80. The summed E-state index contributed by atoms with van der Waals surface area (Å²) in [4.78, 5) is 11.0. The van der Waals surface area contributed by atoms with Crippen molar-refractivity contribution < 1.29 is 13.2 Å². The van der Waals surface area contributed by atoms with Gasteiger partial charge in [-0.15, -0.1) is 11.3 Å². The van der Waals surface area contributed by atoms with Crippen molar-refractivity contribution in [2.24, 2.45) is 0 Å². The van der Waals surface area contributed by atoms with Crippen LogP contribution in [0.1, 0.15) is 48.5 Å². The fraction of sp³-hybridized carbons (Fsp3) is 0.684. The molecule has 1 aliphatic carbocycles. The van der Waals surface area contributed by atoms with Crippen molar-refractivity contribution in [3.8, 4) is 0 Å². The number of sulfone groups is 1. The van der Waals surface area contributed by atoms with E-state index in [-0.39, 0.29) is 10.4 Å². The molecule has 0 atom stereocenters. The Kier molecular flexibility index (Phi) is 7.25. The van der Waals surface area contributed by atoms with Gasteiger partial charge in [0, 0.05) is 38.7 Å². The van der Waals surface area contributed by atoms with E-state index in [0.717, 1.165) is 55.0 Å². The highest BCUT2D eigenvalue weighted by molar-refractivity contribution is 7.91. The van der Waals surface area contributed by atoms with Gasteiger partial charge in [0.05, 0.1) is 27.8 Å². The molecule has 0 spiro atoms. The first-order valence-corrected chi connectivity index (χ1v) is 12.2. The Labute approximate surface area is 171 Å². The van der Waals surface area contributed by atoms with Gasteiger partial charge in [-0.2, -0.15) is 0 Å². The molecule has 156 valence electrons. The smallest absolute Gasteiger partial charge is 0.228 e. The Morgan fingerprint density at radius 2 is 2.07 bits per heavy atom. The summed E-state index contributed by atoms with van der Waals surface area (Å²) in [5.41, 5.74) is 1.95. The van der Waals surface area contributed by atoms with E-state index in [1.165, 1.54) is 0 Å². The first kappa shape index (κ1) is 21.4. The molecule has 2 heterocycles. The van der Waals surface area contributed by atoms with E-state index in [2.05, 4.69) is 20.2 Å². The van der Waals surface area contributed by atoms with E-state index in [0.29, 0.717) is 19.7 Å². The van der Waals surface area contributed by atoms with Gasteiger partial charge in [-0.25, -0.2) is 18.4 Å². The highest BCUT2D eigenvalue weighted by Crippen LogP contribution is 2.30. The van der Waals surface area contributed by atoms with Gasteiger partial charge >= 0.3 is 0 Å². The minimum atomic E-state index is -3.40. The molecule has 1 saturated carbocycles. The molecule has 9 heteroatoms. The van der Waals surface area contributed by atoms with Crippen LogP contribution in [0.5, 0.6) is 0 Å². The minimum absolute atomic E-state index is 0.225. The molecule has 1 fully saturated rings. The molecule has 0 N–H and O–H groups in total. The predicted octanol–water partition coefficient (Wildman–Crippen LogP) is 3.03. The van der Waals surface area contributed by atoms with Crippen LogP contribution in [0.2, 0.25) is 0 Å². The summed E-state index contributed by atoms with van der Waals surface area (Å²) in [6.45, 7) is 4.52. The zero-order valence-corrected chi connectivity index (χ0v) is 18.6. The maximum Gasteiger partial charge on any atom is 0.228 e. The first-order valence-electron chi connectivity index (χ1n) is 9.78. The lowest BCUT2D eigenvalue weighted by atomic mass is 10.3. The lowest BCUT2D eigenvalue weighted by Crippen LogP contribution is -2.25. The number of hydrogen-bond acceptors (Lipinski definition) is 7. The Hall–Kier alpha value is -1.29. The molecule has 0 amide bonds. The number of nitrogens with zero attached hydrogens (tertiary/aromatic N) is 4. The van der Waals surface area contributed by atoms with Crippen molar-refractivity contribution in [2.45, 2.75) is 69.1 Å². The van der Waals surface area contributed by atoms with Crippen molar-refractivity contribution in [2.75, 3.05) is 20.8 Å². The summed E-state index contributed by atoms with van der Waals surface area (Å²) in [6.07, 6.45) is 5.92. The van der Waals surface area contributed by atoms with Crippen molar-refractivity contribution >= 4 is 21.2 Å². The molecule has 0 radical (unpaired) electrons. The number of imidazole rings is 1. The monoisotopic (exact) mass is 426 g/mol. The highest BCUT2D eigenvalue weighted by Gasteiger charge is 2.34. The van der Waals surface area contributed by atoms with Crippen molar-refractivity contribution in [3.05, 3.63) is 28.0 Å². The third kappa shape index (κ3) is 5.00. The third-order valence-electron chi connectivity index (χ3n) is 5.16. The molecule has 0 aromatic carbocycles. The molecular formula is C19H30N4O3S2. The van der Waals surface area contributed by atoms with Gasteiger partial charge in [0.25, 0.3) is 0 Å². The summed E-state index contributed by atoms with van der Waals surface area (Å²) in [5, 5.41) is 3.05. The topological polar surface area (TPSA) is 77.3 Å². The van der Waals surface area contributed by atoms with Crippen LogP contribution in [0, 0.1) is 6.92 Å². The normalized spacial score (nSPS) is 15.7. The van der Waals surface area contributed by atoms with Crippen LogP contribution in [0.4, 0.5) is 0 Å². The minimum Gasteiger partial charge on any atom is -0.385 e. The van der Waals surface area contributed by atoms with Gasteiger partial charge in [-0.05, 0) is 33.2 Å². The molecule has 0 aliphatic heterocycles. The molecular weight excluding hydrogens is 396 g/mol. The van der Waals surface area contributed by atoms with Crippen molar-refractivity contribution in [3.63, 3.8) is 0 Å². The largest absolute Gasteiger partial charge is 0.385 e. The quantitative estimate of drug-likeness (QED) is 0.544. The number of methoxy groups -OCH3 is 1. The second-order valence-electron chi connectivity index (χ2n) is 7.51. The molecule has 3 rings (SSSR count). The molecule has 28 heavy (non-hydrogen) atoms. The van der Waals surface area contributed by atoms with E-state index in [9.17, 15) is 8.42 Å². The fourth-order valence-corrected chi connectivity index (χ4v) is 6.36. The van der Waals surface area contributed by atoms with Gasteiger partial charge in [0.1, 0.15) is 0 Å². The number of hydrogen-bond donors (Lipinski definition) is 0. The number of aromatic nitrogens is 3. The van der Waals surface area contributed by atoms with Gasteiger partial charge in [0.2, 0.25) is 15.0 Å². The van der Waals surface area contributed by atoms with Gasteiger partial charge < -0.3 is 9.30 Å².